The maximum absolute atomic E-state index is 9.26. The molecule has 1 heterocycles. The maximum Gasteiger partial charge on any atom is 0.195 e. The lowest BCUT2D eigenvalue weighted by molar-refractivity contribution is -0.129. The Morgan fingerprint density at radius 3 is 2.88 bits per heavy atom. The fraction of sp³-hybridized carbons (Fsp3) is 0.818. The van der Waals surface area contributed by atoms with Crippen LogP contribution >= 0.6 is 12.2 Å². The Balaban J connectivity index is 2.26. The first-order chi connectivity index (χ1) is 8.02. The molecule has 0 amide bonds. The summed E-state index contributed by atoms with van der Waals surface area (Å²) >= 11 is 5.21. The van der Waals surface area contributed by atoms with Crippen molar-refractivity contribution >= 4 is 12.2 Å². The zero-order valence-corrected chi connectivity index (χ0v) is 11.3. The number of aromatic amines is 1. The molecule has 0 aromatic carbocycles. The number of H-pyrrole nitrogens is 1. The maximum atomic E-state index is 9.26. The van der Waals surface area contributed by atoms with Gasteiger partial charge in [0.05, 0.1) is 6.10 Å². The van der Waals surface area contributed by atoms with Crippen molar-refractivity contribution in [1.29, 1.82) is 0 Å². The van der Waals surface area contributed by atoms with E-state index in [2.05, 4.69) is 24.0 Å². The van der Waals surface area contributed by atoms with Crippen molar-refractivity contribution in [2.24, 2.45) is 5.41 Å². The lowest BCUT2D eigenvalue weighted by Gasteiger charge is -2.52. The Morgan fingerprint density at radius 2 is 2.35 bits per heavy atom. The smallest absolute Gasteiger partial charge is 0.195 e. The van der Waals surface area contributed by atoms with Crippen molar-refractivity contribution in [3.63, 3.8) is 0 Å². The molecule has 1 fully saturated rings. The first kappa shape index (κ1) is 12.7. The van der Waals surface area contributed by atoms with Crippen LogP contribution in [0.3, 0.4) is 0 Å². The van der Waals surface area contributed by atoms with E-state index in [0.717, 1.165) is 13.0 Å². The fourth-order valence-corrected chi connectivity index (χ4v) is 2.84. The zero-order chi connectivity index (χ0) is 12.6. The molecule has 0 radical (unpaired) electrons. The van der Waals surface area contributed by atoms with Gasteiger partial charge >= 0.3 is 0 Å². The first-order valence-electron chi connectivity index (χ1n) is 5.90. The summed E-state index contributed by atoms with van der Waals surface area (Å²) in [6, 6.07) is 0.243. The number of ether oxygens (including phenoxy) is 1. The van der Waals surface area contributed by atoms with Gasteiger partial charge in [-0.2, -0.15) is 5.10 Å². The number of nitrogens with zero attached hydrogens (tertiary/aromatic N) is 2. The molecule has 1 aromatic heterocycles. The molecule has 96 valence electrons. The quantitative estimate of drug-likeness (QED) is 0.808. The second kappa shape index (κ2) is 4.51. The van der Waals surface area contributed by atoms with Crippen LogP contribution in [-0.4, -0.2) is 32.6 Å². The van der Waals surface area contributed by atoms with Crippen LogP contribution in [0.15, 0.2) is 0 Å². The predicted molar refractivity (Wildman–Crippen MR) is 66.2 cm³/mol. The van der Waals surface area contributed by atoms with Crippen LogP contribution in [0.4, 0.5) is 0 Å². The molecule has 5 nitrogen and oxygen atoms in total. The lowest BCUT2D eigenvalue weighted by atomic mass is 9.64. The van der Waals surface area contributed by atoms with Gasteiger partial charge in [0.1, 0.15) is 6.61 Å². The van der Waals surface area contributed by atoms with Crippen LogP contribution in [-0.2, 0) is 11.3 Å². The summed E-state index contributed by atoms with van der Waals surface area (Å²) in [7, 11) is 0. The molecule has 2 N–H and O–H groups in total. The molecular weight excluding hydrogens is 238 g/mol. The topological polar surface area (TPSA) is 63.1 Å². The van der Waals surface area contributed by atoms with E-state index in [4.69, 9.17) is 17.0 Å². The Kier molecular flexibility index (Phi) is 3.38. The van der Waals surface area contributed by atoms with E-state index in [1.54, 1.807) is 0 Å². The van der Waals surface area contributed by atoms with E-state index < -0.39 is 0 Å². The number of rotatable bonds is 4. The number of aliphatic hydroxyl groups excluding tert-OH is 1. The van der Waals surface area contributed by atoms with E-state index in [0.29, 0.717) is 10.6 Å². The molecule has 2 rings (SSSR count). The van der Waals surface area contributed by atoms with Crippen LogP contribution in [0.25, 0.3) is 0 Å². The summed E-state index contributed by atoms with van der Waals surface area (Å²) in [6.45, 7) is 6.96. The largest absolute Gasteiger partial charge is 0.388 e. The minimum atomic E-state index is -0.0982. The number of nitrogens with one attached hydrogen (secondary N) is 1. The van der Waals surface area contributed by atoms with Gasteiger partial charge in [-0.3, -0.25) is 9.67 Å². The molecule has 0 bridgehead atoms. The highest BCUT2D eigenvalue weighted by Crippen LogP contribution is 2.51. The standard InChI is InChI=1S/C11H19N3O2S/c1-4-16-8-5-7(11(8,2)3)14-9(6-15)12-13-10(14)17/h7-8,15H,4-6H2,1-3H3,(H,13,17). The van der Waals surface area contributed by atoms with Crippen molar-refractivity contribution in [3.8, 4) is 0 Å². The summed E-state index contributed by atoms with van der Waals surface area (Å²) in [5, 5.41) is 16.0. The van der Waals surface area contributed by atoms with E-state index >= 15 is 0 Å². The van der Waals surface area contributed by atoms with Gasteiger partial charge in [-0.15, -0.1) is 0 Å². The highest BCUT2D eigenvalue weighted by atomic mass is 32.1. The molecule has 0 saturated heterocycles. The number of aromatic nitrogens is 3. The van der Waals surface area contributed by atoms with E-state index in [-0.39, 0.29) is 24.2 Å². The van der Waals surface area contributed by atoms with Gasteiger partial charge in [0.15, 0.2) is 10.6 Å². The van der Waals surface area contributed by atoms with E-state index in [1.807, 2.05) is 11.5 Å². The predicted octanol–water partition coefficient (Wildman–Crippen LogP) is 1.81. The van der Waals surface area contributed by atoms with Crippen LogP contribution in [0.5, 0.6) is 0 Å². The second-order valence-corrected chi connectivity index (χ2v) is 5.38. The highest BCUT2D eigenvalue weighted by molar-refractivity contribution is 7.71. The second-order valence-electron chi connectivity index (χ2n) is 4.99. The molecule has 1 aliphatic carbocycles. The number of hydrogen-bond acceptors (Lipinski definition) is 4. The van der Waals surface area contributed by atoms with Gasteiger partial charge < -0.3 is 9.84 Å². The molecule has 0 spiro atoms. The number of aliphatic hydroxyl groups is 1. The lowest BCUT2D eigenvalue weighted by Crippen LogP contribution is -2.51. The van der Waals surface area contributed by atoms with Crippen molar-refractivity contribution in [1.82, 2.24) is 14.8 Å². The van der Waals surface area contributed by atoms with Crippen LogP contribution in [0.1, 0.15) is 39.1 Å². The summed E-state index contributed by atoms with van der Waals surface area (Å²) in [4.78, 5) is 0. The third-order valence-electron chi connectivity index (χ3n) is 3.72. The third kappa shape index (κ3) is 1.94. The molecule has 1 aromatic rings. The van der Waals surface area contributed by atoms with E-state index in [9.17, 15) is 5.11 Å². The van der Waals surface area contributed by atoms with Crippen molar-refractivity contribution in [2.45, 2.75) is 45.9 Å². The van der Waals surface area contributed by atoms with Gasteiger partial charge in [0.25, 0.3) is 0 Å². The Morgan fingerprint density at radius 1 is 1.65 bits per heavy atom. The molecule has 17 heavy (non-hydrogen) atoms. The minimum absolute atomic E-state index is 0.0159. The van der Waals surface area contributed by atoms with Crippen LogP contribution < -0.4 is 0 Å². The van der Waals surface area contributed by atoms with Crippen molar-refractivity contribution in [3.05, 3.63) is 10.6 Å². The van der Waals surface area contributed by atoms with Gasteiger partial charge in [0.2, 0.25) is 0 Å². The molecule has 1 saturated carbocycles. The summed E-state index contributed by atoms with van der Waals surface area (Å²) < 4.78 is 8.19. The molecule has 2 unspecified atom stereocenters. The third-order valence-corrected chi connectivity index (χ3v) is 4.01. The highest BCUT2D eigenvalue weighted by Gasteiger charge is 2.50. The Labute approximate surface area is 106 Å². The SMILES string of the molecule is CCOC1CC(n2c(CO)n[nH]c2=S)C1(C)C. The van der Waals surface area contributed by atoms with Crippen LogP contribution in [0.2, 0.25) is 0 Å². The van der Waals surface area contributed by atoms with Gasteiger partial charge in [0, 0.05) is 18.1 Å². The molecule has 6 heteroatoms. The fourth-order valence-electron chi connectivity index (χ4n) is 2.56. The van der Waals surface area contributed by atoms with Crippen molar-refractivity contribution in [2.75, 3.05) is 6.61 Å². The summed E-state index contributed by atoms with van der Waals surface area (Å²) in [5.41, 5.74) is 0.0159. The van der Waals surface area contributed by atoms with Crippen molar-refractivity contribution < 1.29 is 9.84 Å². The molecule has 0 aliphatic heterocycles. The summed E-state index contributed by atoms with van der Waals surface area (Å²) in [6.07, 6.45) is 1.17. The average molecular weight is 257 g/mol. The van der Waals surface area contributed by atoms with Gasteiger partial charge in [-0.05, 0) is 25.6 Å². The summed E-state index contributed by atoms with van der Waals surface area (Å²) in [5.74, 6) is 0.600. The normalized spacial score (nSPS) is 26.8. The van der Waals surface area contributed by atoms with Gasteiger partial charge in [-0.1, -0.05) is 13.8 Å². The molecule has 2 atom stereocenters. The minimum Gasteiger partial charge on any atom is -0.388 e. The molecule has 1 aliphatic rings. The van der Waals surface area contributed by atoms with E-state index in [1.165, 1.54) is 0 Å². The van der Waals surface area contributed by atoms with Gasteiger partial charge in [-0.25, -0.2) is 0 Å². The Hall–Kier alpha value is -0.720. The first-order valence-corrected chi connectivity index (χ1v) is 6.31. The van der Waals surface area contributed by atoms with Crippen LogP contribution in [0, 0.1) is 10.2 Å². The zero-order valence-electron chi connectivity index (χ0n) is 10.4. The number of hydrogen-bond donors (Lipinski definition) is 2. The monoisotopic (exact) mass is 257 g/mol. The Bertz CT molecular complexity index is 452. The molecular formula is C11H19N3O2S. The average Bonchev–Trinajstić information content (AvgIpc) is 2.65.